The van der Waals surface area contributed by atoms with Gasteiger partial charge in [-0.05, 0) is 55.6 Å². The van der Waals surface area contributed by atoms with E-state index in [1.54, 1.807) is 0 Å². The number of rotatable bonds is 7. The van der Waals surface area contributed by atoms with Gasteiger partial charge in [0.05, 0.1) is 6.10 Å². The molecule has 0 saturated heterocycles. The van der Waals surface area contributed by atoms with Gasteiger partial charge in [0.2, 0.25) is 0 Å². The third-order valence-electron chi connectivity index (χ3n) is 4.34. The molecule has 0 radical (unpaired) electrons. The summed E-state index contributed by atoms with van der Waals surface area (Å²) < 4.78 is 0. The Morgan fingerprint density at radius 3 is 2.79 bits per heavy atom. The molecule has 0 aromatic heterocycles. The van der Waals surface area contributed by atoms with Crippen LogP contribution >= 0.6 is 0 Å². The van der Waals surface area contributed by atoms with E-state index < -0.39 is 0 Å². The molecule has 2 unspecified atom stereocenters. The van der Waals surface area contributed by atoms with Crippen LogP contribution in [0.3, 0.4) is 0 Å². The van der Waals surface area contributed by atoms with Crippen molar-refractivity contribution < 1.29 is 5.11 Å². The zero-order valence-corrected chi connectivity index (χ0v) is 11.9. The van der Waals surface area contributed by atoms with Crippen LogP contribution in [0.1, 0.15) is 49.7 Å². The van der Waals surface area contributed by atoms with E-state index in [1.165, 1.54) is 24.0 Å². The second-order valence-electron chi connectivity index (χ2n) is 5.77. The van der Waals surface area contributed by atoms with Crippen LogP contribution in [0.15, 0.2) is 36.9 Å². The lowest BCUT2D eigenvalue weighted by atomic mass is 9.80. The highest BCUT2D eigenvalue weighted by Gasteiger charge is 2.24. The molecular formula is C18H26O. The quantitative estimate of drug-likeness (QED) is 0.571. The molecule has 0 heterocycles. The summed E-state index contributed by atoms with van der Waals surface area (Å²) in [5.74, 6) is 0.467. The predicted octanol–water partition coefficient (Wildman–Crippen LogP) is 4.29. The number of hydrogen-bond acceptors (Lipinski definition) is 1. The fraction of sp³-hybridized carbons (Fsp3) is 0.556. The smallest absolute Gasteiger partial charge is 0.0571 e. The summed E-state index contributed by atoms with van der Waals surface area (Å²) in [4.78, 5) is 0. The summed E-state index contributed by atoms with van der Waals surface area (Å²) in [6, 6.07) is 8.68. The zero-order valence-electron chi connectivity index (χ0n) is 11.9. The average molecular weight is 258 g/mol. The van der Waals surface area contributed by atoms with E-state index in [1.807, 2.05) is 6.08 Å². The van der Waals surface area contributed by atoms with E-state index >= 15 is 0 Å². The maximum atomic E-state index is 10.3. The van der Waals surface area contributed by atoms with Gasteiger partial charge in [-0.2, -0.15) is 0 Å². The van der Waals surface area contributed by atoms with Crippen molar-refractivity contribution in [3.8, 4) is 0 Å². The van der Waals surface area contributed by atoms with Crippen LogP contribution in [-0.2, 0) is 12.8 Å². The third-order valence-corrected chi connectivity index (χ3v) is 4.34. The lowest BCUT2D eigenvalue weighted by Crippen LogP contribution is -2.26. The molecule has 1 nitrogen and oxygen atoms in total. The van der Waals surface area contributed by atoms with Crippen LogP contribution in [0.2, 0.25) is 0 Å². The molecular weight excluding hydrogens is 232 g/mol. The van der Waals surface area contributed by atoms with E-state index in [2.05, 4.69) is 30.8 Å². The van der Waals surface area contributed by atoms with Gasteiger partial charge in [-0.25, -0.2) is 0 Å². The highest BCUT2D eigenvalue weighted by molar-refractivity contribution is 5.29. The Morgan fingerprint density at radius 1 is 1.21 bits per heavy atom. The minimum Gasteiger partial charge on any atom is -0.393 e. The molecule has 1 aliphatic carbocycles. The molecule has 0 amide bonds. The molecule has 1 heteroatoms. The SMILES string of the molecule is C=CCCCCCC(O)C1CCc2ccccc2C1. The second-order valence-corrected chi connectivity index (χ2v) is 5.77. The van der Waals surface area contributed by atoms with Gasteiger partial charge < -0.3 is 5.11 Å². The van der Waals surface area contributed by atoms with Crippen molar-refractivity contribution in [3.05, 3.63) is 48.0 Å². The van der Waals surface area contributed by atoms with E-state index in [-0.39, 0.29) is 6.10 Å². The lowest BCUT2D eigenvalue weighted by molar-refractivity contribution is 0.0881. The van der Waals surface area contributed by atoms with Gasteiger partial charge in [-0.1, -0.05) is 43.2 Å². The Morgan fingerprint density at radius 2 is 2.00 bits per heavy atom. The summed E-state index contributed by atoms with van der Waals surface area (Å²) >= 11 is 0. The van der Waals surface area contributed by atoms with Crippen molar-refractivity contribution in [1.82, 2.24) is 0 Å². The molecule has 0 spiro atoms. The fourth-order valence-electron chi connectivity index (χ4n) is 3.11. The molecule has 2 atom stereocenters. The average Bonchev–Trinajstić information content (AvgIpc) is 2.46. The van der Waals surface area contributed by atoms with Gasteiger partial charge in [0.1, 0.15) is 0 Å². The Hall–Kier alpha value is -1.08. The van der Waals surface area contributed by atoms with Crippen molar-refractivity contribution >= 4 is 0 Å². The summed E-state index contributed by atoms with van der Waals surface area (Å²) in [5.41, 5.74) is 2.93. The first-order valence-corrected chi connectivity index (χ1v) is 7.67. The van der Waals surface area contributed by atoms with E-state index in [0.717, 1.165) is 38.5 Å². The van der Waals surface area contributed by atoms with Gasteiger partial charge in [0, 0.05) is 0 Å². The second kappa shape index (κ2) is 7.49. The Kier molecular flexibility index (Phi) is 5.65. The van der Waals surface area contributed by atoms with Crippen molar-refractivity contribution in [2.75, 3.05) is 0 Å². The predicted molar refractivity (Wildman–Crippen MR) is 81.2 cm³/mol. The van der Waals surface area contributed by atoms with Gasteiger partial charge >= 0.3 is 0 Å². The number of allylic oxidation sites excluding steroid dienone is 1. The van der Waals surface area contributed by atoms with Crippen LogP contribution in [0.25, 0.3) is 0 Å². The topological polar surface area (TPSA) is 20.2 Å². The van der Waals surface area contributed by atoms with Gasteiger partial charge in [0.25, 0.3) is 0 Å². The van der Waals surface area contributed by atoms with E-state index in [4.69, 9.17) is 0 Å². The number of benzene rings is 1. The first kappa shape index (κ1) is 14.3. The summed E-state index contributed by atoms with van der Waals surface area (Å²) in [5, 5.41) is 10.3. The molecule has 0 bridgehead atoms. The molecule has 0 aliphatic heterocycles. The van der Waals surface area contributed by atoms with Gasteiger partial charge in [-0.15, -0.1) is 6.58 Å². The summed E-state index contributed by atoms with van der Waals surface area (Å²) in [6.07, 6.45) is 10.8. The van der Waals surface area contributed by atoms with Crippen LogP contribution in [-0.4, -0.2) is 11.2 Å². The molecule has 1 aromatic rings. The minimum atomic E-state index is -0.114. The summed E-state index contributed by atoms with van der Waals surface area (Å²) in [7, 11) is 0. The van der Waals surface area contributed by atoms with Crippen LogP contribution in [0.4, 0.5) is 0 Å². The Balaban J connectivity index is 1.75. The molecule has 1 N–H and O–H groups in total. The van der Waals surface area contributed by atoms with Crippen molar-refractivity contribution in [1.29, 1.82) is 0 Å². The number of fused-ring (bicyclic) bond motifs is 1. The monoisotopic (exact) mass is 258 g/mol. The molecule has 0 fully saturated rings. The number of unbranched alkanes of at least 4 members (excludes halogenated alkanes) is 3. The van der Waals surface area contributed by atoms with E-state index in [9.17, 15) is 5.11 Å². The van der Waals surface area contributed by atoms with Gasteiger partial charge in [-0.3, -0.25) is 0 Å². The Labute approximate surface area is 117 Å². The summed E-state index contributed by atoms with van der Waals surface area (Å²) in [6.45, 7) is 3.74. The number of hydrogen-bond donors (Lipinski definition) is 1. The molecule has 0 saturated carbocycles. The standard InChI is InChI=1S/C18H26O/c1-2-3-4-5-6-11-18(19)17-13-12-15-9-7-8-10-16(15)14-17/h2,7-10,17-19H,1,3-6,11-14H2. The molecule has 19 heavy (non-hydrogen) atoms. The fourth-order valence-corrected chi connectivity index (χ4v) is 3.11. The molecule has 2 rings (SSSR count). The maximum Gasteiger partial charge on any atom is 0.0571 e. The molecule has 1 aromatic carbocycles. The van der Waals surface area contributed by atoms with Crippen molar-refractivity contribution in [2.45, 2.75) is 57.5 Å². The van der Waals surface area contributed by atoms with E-state index in [0.29, 0.717) is 5.92 Å². The first-order valence-electron chi connectivity index (χ1n) is 7.67. The molecule has 1 aliphatic rings. The largest absolute Gasteiger partial charge is 0.393 e. The minimum absolute atomic E-state index is 0.114. The number of aryl methyl sites for hydroxylation is 1. The highest BCUT2D eigenvalue weighted by atomic mass is 16.3. The van der Waals surface area contributed by atoms with Crippen LogP contribution < -0.4 is 0 Å². The zero-order chi connectivity index (χ0) is 13.5. The number of aliphatic hydroxyl groups excluding tert-OH is 1. The lowest BCUT2D eigenvalue weighted by Gasteiger charge is -2.28. The maximum absolute atomic E-state index is 10.3. The highest BCUT2D eigenvalue weighted by Crippen LogP contribution is 2.29. The first-order chi connectivity index (χ1) is 9.31. The van der Waals surface area contributed by atoms with Crippen LogP contribution in [0.5, 0.6) is 0 Å². The van der Waals surface area contributed by atoms with Gasteiger partial charge in [0.15, 0.2) is 0 Å². The number of aliphatic hydroxyl groups is 1. The Bertz CT molecular complexity index is 396. The van der Waals surface area contributed by atoms with Crippen LogP contribution in [0, 0.1) is 5.92 Å². The molecule has 104 valence electrons. The third kappa shape index (κ3) is 4.21. The normalized spacial score (nSPS) is 19.7. The van der Waals surface area contributed by atoms with Crippen molar-refractivity contribution in [2.24, 2.45) is 5.92 Å². The van der Waals surface area contributed by atoms with Crippen molar-refractivity contribution in [3.63, 3.8) is 0 Å².